The fraction of sp³-hybridized carbons (Fsp3) is 0.143. The molecule has 6 heteroatoms. The standard InChI is InChI=1S/C14H14N4S2/c1-10(11-6-3-2-4-7-11)20-14-17-16-13(18(14)15)12-8-5-9-19-12/h2-10H,15H2,1H3. The van der Waals surface area contributed by atoms with Crippen molar-refractivity contribution in [2.45, 2.75) is 17.3 Å². The van der Waals surface area contributed by atoms with E-state index in [1.165, 1.54) is 5.56 Å². The summed E-state index contributed by atoms with van der Waals surface area (Å²) >= 11 is 3.22. The predicted octanol–water partition coefficient (Wildman–Crippen LogP) is 3.57. The van der Waals surface area contributed by atoms with Crippen molar-refractivity contribution in [1.82, 2.24) is 14.9 Å². The zero-order valence-corrected chi connectivity index (χ0v) is 12.6. The Labute approximate surface area is 125 Å². The molecule has 0 aliphatic rings. The van der Waals surface area contributed by atoms with Crippen molar-refractivity contribution in [1.29, 1.82) is 0 Å². The van der Waals surface area contributed by atoms with Crippen LogP contribution in [0.15, 0.2) is 53.0 Å². The third-order valence-electron chi connectivity index (χ3n) is 2.96. The maximum absolute atomic E-state index is 6.10. The molecule has 2 heterocycles. The molecule has 0 fully saturated rings. The molecular formula is C14H14N4S2. The maximum Gasteiger partial charge on any atom is 0.210 e. The molecular weight excluding hydrogens is 288 g/mol. The SMILES string of the molecule is CC(Sc1nnc(-c2cccs2)n1N)c1ccccc1. The van der Waals surface area contributed by atoms with Crippen molar-refractivity contribution in [3.8, 4) is 10.7 Å². The number of hydrogen-bond acceptors (Lipinski definition) is 5. The molecule has 0 saturated heterocycles. The number of thioether (sulfide) groups is 1. The lowest BCUT2D eigenvalue weighted by atomic mass is 10.2. The van der Waals surface area contributed by atoms with Crippen LogP contribution in [0.1, 0.15) is 17.7 Å². The molecule has 0 saturated carbocycles. The van der Waals surface area contributed by atoms with E-state index < -0.39 is 0 Å². The van der Waals surface area contributed by atoms with E-state index in [2.05, 4.69) is 29.3 Å². The van der Waals surface area contributed by atoms with Crippen molar-refractivity contribution in [2.75, 3.05) is 5.84 Å². The Morgan fingerprint density at radius 3 is 2.65 bits per heavy atom. The summed E-state index contributed by atoms with van der Waals surface area (Å²) in [5, 5.41) is 11.4. The van der Waals surface area contributed by atoms with Crippen LogP contribution < -0.4 is 5.84 Å². The molecule has 4 nitrogen and oxygen atoms in total. The van der Waals surface area contributed by atoms with Gasteiger partial charge in [-0.05, 0) is 23.9 Å². The molecule has 3 aromatic rings. The minimum Gasteiger partial charge on any atom is -0.335 e. The second-order valence-corrected chi connectivity index (χ2v) is 6.58. The van der Waals surface area contributed by atoms with Gasteiger partial charge in [-0.2, -0.15) is 0 Å². The van der Waals surface area contributed by atoms with Crippen LogP contribution in [-0.4, -0.2) is 14.9 Å². The van der Waals surface area contributed by atoms with Crippen molar-refractivity contribution >= 4 is 23.1 Å². The smallest absolute Gasteiger partial charge is 0.210 e. The number of nitrogens with two attached hydrogens (primary N) is 1. The number of aromatic nitrogens is 3. The molecule has 3 rings (SSSR count). The van der Waals surface area contributed by atoms with E-state index in [-0.39, 0.29) is 5.25 Å². The van der Waals surface area contributed by atoms with Crippen LogP contribution in [0.4, 0.5) is 0 Å². The number of nitrogen functional groups attached to an aromatic ring is 1. The van der Waals surface area contributed by atoms with E-state index in [4.69, 9.17) is 5.84 Å². The fourth-order valence-electron chi connectivity index (χ4n) is 1.88. The van der Waals surface area contributed by atoms with Crippen LogP contribution in [-0.2, 0) is 0 Å². The third kappa shape index (κ3) is 2.57. The van der Waals surface area contributed by atoms with Gasteiger partial charge in [-0.25, -0.2) is 4.68 Å². The van der Waals surface area contributed by atoms with Gasteiger partial charge >= 0.3 is 0 Å². The van der Waals surface area contributed by atoms with Crippen molar-refractivity contribution < 1.29 is 0 Å². The zero-order chi connectivity index (χ0) is 13.9. The summed E-state index contributed by atoms with van der Waals surface area (Å²) in [6.45, 7) is 2.14. The summed E-state index contributed by atoms with van der Waals surface area (Å²) in [4.78, 5) is 1.03. The Morgan fingerprint density at radius 1 is 1.15 bits per heavy atom. The Morgan fingerprint density at radius 2 is 1.95 bits per heavy atom. The molecule has 1 aromatic carbocycles. The third-order valence-corrected chi connectivity index (χ3v) is 4.94. The van der Waals surface area contributed by atoms with Crippen molar-refractivity contribution in [3.05, 3.63) is 53.4 Å². The van der Waals surface area contributed by atoms with E-state index in [0.29, 0.717) is 5.82 Å². The van der Waals surface area contributed by atoms with Crippen LogP contribution in [0.3, 0.4) is 0 Å². The van der Waals surface area contributed by atoms with Gasteiger partial charge in [0.1, 0.15) is 0 Å². The first kappa shape index (κ1) is 13.2. The summed E-state index contributed by atoms with van der Waals surface area (Å²) in [5.74, 6) is 6.81. The molecule has 0 aliphatic heterocycles. The Bertz CT molecular complexity index is 677. The van der Waals surface area contributed by atoms with Crippen LogP contribution in [0, 0.1) is 0 Å². The Kier molecular flexibility index (Phi) is 3.75. The first-order chi connectivity index (χ1) is 9.75. The summed E-state index contributed by atoms with van der Waals surface area (Å²) in [5.41, 5.74) is 1.25. The molecule has 20 heavy (non-hydrogen) atoms. The second kappa shape index (κ2) is 5.68. The topological polar surface area (TPSA) is 56.7 Å². The fourth-order valence-corrected chi connectivity index (χ4v) is 3.48. The van der Waals surface area contributed by atoms with E-state index in [9.17, 15) is 0 Å². The summed E-state index contributed by atoms with van der Waals surface area (Å²) in [6.07, 6.45) is 0. The van der Waals surface area contributed by atoms with Gasteiger partial charge in [-0.15, -0.1) is 21.5 Å². The minimum atomic E-state index is 0.277. The number of nitrogens with zero attached hydrogens (tertiary/aromatic N) is 3. The summed E-state index contributed by atoms with van der Waals surface area (Å²) in [7, 11) is 0. The molecule has 2 N–H and O–H groups in total. The van der Waals surface area contributed by atoms with Gasteiger partial charge in [0.15, 0.2) is 5.82 Å². The monoisotopic (exact) mass is 302 g/mol. The molecule has 0 aliphatic carbocycles. The normalized spacial score (nSPS) is 12.4. The highest BCUT2D eigenvalue weighted by atomic mass is 32.2. The van der Waals surface area contributed by atoms with Gasteiger partial charge in [0, 0.05) is 5.25 Å². The van der Waals surface area contributed by atoms with E-state index in [0.717, 1.165) is 10.0 Å². The highest BCUT2D eigenvalue weighted by molar-refractivity contribution is 7.99. The molecule has 0 spiro atoms. The summed E-state index contributed by atoms with van der Waals surface area (Å²) < 4.78 is 1.57. The van der Waals surface area contributed by atoms with Crippen LogP contribution in [0.5, 0.6) is 0 Å². The molecule has 102 valence electrons. The van der Waals surface area contributed by atoms with Gasteiger partial charge in [0.05, 0.1) is 4.88 Å². The average Bonchev–Trinajstić information content (AvgIpc) is 3.11. The largest absolute Gasteiger partial charge is 0.335 e. The quantitative estimate of drug-likeness (QED) is 0.591. The van der Waals surface area contributed by atoms with E-state index in [1.807, 2.05) is 35.7 Å². The average molecular weight is 302 g/mol. The van der Waals surface area contributed by atoms with Gasteiger partial charge in [-0.1, -0.05) is 48.2 Å². The maximum atomic E-state index is 6.10. The molecule has 1 unspecified atom stereocenters. The molecule has 2 aromatic heterocycles. The van der Waals surface area contributed by atoms with Crippen LogP contribution in [0.2, 0.25) is 0 Å². The van der Waals surface area contributed by atoms with Gasteiger partial charge in [-0.3, -0.25) is 0 Å². The first-order valence-corrected chi connectivity index (χ1v) is 7.97. The minimum absolute atomic E-state index is 0.277. The lowest BCUT2D eigenvalue weighted by Crippen LogP contribution is -2.11. The zero-order valence-electron chi connectivity index (χ0n) is 10.9. The van der Waals surface area contributed by atoms with Crippen molar-refractivity contribution in [3.63, 3.8) is 0 Å². The molecule has 0 bridgehead atoms. The van der Waals surface area contributed by atoms with E-state index in [1.54, 1.807) is 27.8 Å². The predicted molar refractivity (Wildman–Crippen MR) is 84.2 cm³/mol. The number of rotatable bonds is 4. The lowest BCUT2D eigenvalue weighted by Gasteiger charge is -2.10. The van der Waals surface area contributed by atoms with Gasteiger partial charge < -0.3 is 5.84 Å². The molecule has 0 radical (unpaired) electrons. The highest BCUT2D eigenvalue weighted by Crippen LogP contribution is 2.34. The van der Waals surface area contributed by atoms with Gasteiger partial charge in [0.2, 0.25) is 5.16 Å². The Balaban J connectivity index is 1.82. The first-order valence-electron chi connectivity index (χ1n) is 6.21. The van der Waals surface area contributed by atoms with Crippen LogP contribution >= 0.6 is 23.1 Å². The van der Waals surface area contributed by atoms with Gasteiger partial charge in [0.25, 0.3) is 0 Å². The molecule has 0 amide bonds. The van der Waals surface area contributed by atoms with Crippen LogP contribution in [0.25, 0.3) is 10.7 Å². The second-order valence-electron chi connectivity index (χ2n) is 4.32. The van der Waals surface area contributed by atoms with E-state index >= 15 is 0 Å². The number of benzene rings is 1. The number of hydrogen-bond donors (Lipinski definition) is 1. The molecule has 1 atom stereocenters. The van der Waals surface area contributed by atoms with Crippen molar-refractivity contribution in [2.24, 2.45) is 0 Å². The summed E-state index contributed by atoms with van der Waals surface area (Å²) in [6, 6.07) is 14.3. The lowest BCUT2D eigenvalue weighted by molar-refractivity contribution is 0.844. The Hall–Kier alpha value is -1.79. The highest BCUT2D eigenvalue weighted by Gasteiger charge is 2.16. The number of thiophene rings is 1.